The summed E-state index contributed by atoms with van der Waals surface area (Å²) in [6, 6.07) is 1.93. The van der Waals surface area contributed by atoms with Crippen LogP contribution in [0.3, 0.4) is 0 Å². The van der Waals surface area contributed by atoms with Gasteiger partial charge in [-0.15, -0.1) is 0 Å². The van der Waals surface area contributed by atoms with Gasteiger partial charge in [-0.25, -0.2) is 9.97 Å². The van der Waals surface area contributed by atoms with Gasteiger partial charge in [0.05, 0.1) is 11.8 Å². The standard InChI is InChI=1S/C14H17N5O/c1-18-8-12(7-17-18)14(20)19-6-2-3-11(9-19)13-4-5-15-10-16-13/h4-5,7-8,10-11H,2-3,6,9H2,1H3. The van der Waals surface area contributed by atoms with Gasteiger partial charge in [-0.2, -0.15) is 5.10 Å². The highest BCUT2D eigenvalue weighted by molar-refractivity contribution is 5.93. The van der Waals surface area contributed by atoms with Crippen molar-refractivity contribution in [3.8, 4) is 0 Å². The fourth-order valence-corrected chi connectivity index (χ4v) is 2.66. The van der Waals surface area contributed by atoms with Crippen molar-refractivity contribution < 1.29 is 4.79 Å². The third-order valence-corrected chi connectivity index (χ3v) is 3.68. The van der Waals surface area contributed by atoms with Crippen LogP contribution < -0.4 is 0 Å². The van der Waals surface area contributed by atoms with E-state index in [9.17, 15) is 4.79 Å². The van der Waals surface area contributed by atoms with Gasteiger partial charge >= 0.3 is 0 Å². The molecule has 1 unspecified atom stereocenters. The van der Waals surface area contributed by atoms with Crippen molar-refractivity contribution in [1.82, 2.24) is 24.6 Å². The zero-order valence-corrected chi connectivity index (χ0v) is 11.4. The van der Waals surface area contributed by atoms with Gasteiger partial charge in [-0.05, 0) is 18.9 Å². The Kier molecular flexibility index (Phi) is 3.45. The molecule has 1 amide bonds. The van der Waals surface area contributed by atoms with Gasteiger partial charge in [-0.1, -0.05) is 0 Å². The lowest BCUT2D eigenvalue weighted by Crippen LogP contribution is -2.39. The quantitative estimate of drug-likeness (QED) is 0.824. The molecule has 1 aliphatic rings. The lowest BCUT2D eigenvalue weighted by atomic mass is 9.94. The molecule has 0 radical (unpaired) electrons. The topological polar surface area (TPSA) is 63.9 Å². The number of hydrogen-bond donors (Lipinski definition) is 0. The highest BCUT2D eigenvalue weighted by Crippen LogP contribution is 2.25. The summed E-state index contributed by atoms with van der Waals surface area (Å²) >= 11 is 0. The first kappa shape index (κ1) is 12.8. The predicted octanol–water partition coefficient (Wildman–Crippen LogP) is 1.23. The number of rotatable bonds is 2. The fraction of sp³-hybridized carbons (Fsp3) is 0.429. The Balaban J connectivity index is 1.74. The van der Waals surface area contributed by atoms with Crippen LogP contribution in [0.1, 0.15) is 34.8 Å². The molecule has 2 aromatic rings. The third kappa shape index (κ3) is 2.54. The Labute approximate surface area is 117 Å². The van der Waals surface area contributed by atoms with Crippen LogP contribution in [0.25, 0.3) is 0 Å². The summed E-state index contributed by atoms with van der Waals surface area (Å²) in [4.78, 5) is 22.6. The molecule has 0 spiro atoms. The Morgan fingerprint density at radius 1 is 1.45 bits per heavy atom. The first-order valence-corrected chi connectivity index (χ1v) is 6.78. The van der Waals surface area contributed by atoms with Crippen LogP contribution in [-0.2, 0) is 7.05 Å². The Hall–Kier alpha value is -2.24. The van der Waals surface area contributed by atoms with Gasteiger partial charge in [0.25, 0.3) is 5.91 Å². The molecule has 3 heterocycles. The second-order valence-corrected chi connectivity index (χ2v) is 5.13. The number of aryl methyl sites for hydroxylation is 1. The zero-order chi connectivity index (χ0) is 13.9. The summed E-state index contributed by atoms with van der Waals surface area (Å²) in [6.07, 6.45) is 8.77. The van der Waals surface area contributed by atoms with Crippen LogP contribution in [0.15, 0.2) is 31.0 Å². The third-order valence-electron chi connectivity index (χ3n) is 3.68. The Morgan fingerprint density at radius 2 is 2.35 bits per heavy atom. The van der Waals surface area contributed by atoms with Crippen molar-refractivity contribution in [3.05, 3.63) is 42.2 Å². The van der Waals surface area contributed by atoms with E-state index in [0.717, 1.165) is 25.1 Å². The van der Waals surface area contributed by atoms with Crippen LogP contribution >= 0.6 is 0 Å². The van der Waals surface area contributed by atoms with Crippen molar-refractivity contribution >= 4 is 5.91 Å². The van der Waals surface area contributed by atoms with Gasteiger partial charge in [0, 0.05) is 44.1 Å². The molecule has 0 saturated carbocycles. The number of likely N-dealkylation sites (tertiary alicyclic amines) is 1. The number of carbonyl (C=O) groups excluding carboxylic acids is 1. The lowest BCUT2D eigenvalue weighted by Gasteiger charge is -2.32. The predicted molar refractivity (Wildman–Crippen MR) is 73.1 cm³/mol. The maximum atomic E-state index is 12.4. The highest BCUT2D eigenvalue weighted by Gasteiger charge is 2.26. The first-order valence-electron chi connectivity index (χ1n) is 6.78. The molecule has 1 saturated heterocycles. The maximum absolute atomic E-state index is 12.4. The number of piperidine rings is 1. The molecular weight excluding hydrogens is 254 g/mol. The fourth-order valence-electron chi connectivity index (χ4n) is 2.66. The molecule has 3 rings (SSSR count). The van der Waals surface area contributed by atoms with E-state index in [1.165, 1.54) is 0 Å². The van der Waals surface area contributed by atoms with Gasteiger partial charge in [-0.3, -0.25) is 9.48 Å². The molecule has 6 heteroatoms. The smallest absolute Gasteiger partial charge is 0.257 e. The monoisotopic (exact) mass is 271 g/mol. The minimum absolute atomic E-state index is 0.0526. The number of nitrogens with zero attached hydrogens (tertiary/aromatic N) is 5. The average molecular weight is 271 g/mol. The molecule has 2 aromatic heterocycles. The van der Waals surface area contributed by atoms with E-state index in [0.29, 0.717) is 18.0 Å². The average Bonchev–Trinajstić information content (AvgIpc) is 2.94. The second kappa shape index (κ2) is 5.40. The van der Waals surface area contributed by atoms with E-state index in [1.807, 2.05) is 18.0 Å². The number of amides is 1. The van der Waals surface area contributed by atoms with E-state index < -0.39 is 0 Å². The van der Waals surface area contributed by atoms with E-state index in [1.54, 1.807) is 29.6 Å². The number of carbonyl (C=O) groups is 1. The molecule has 0 aromatic carbocycles. The summed E-state index contributed by atoms with van der Waals surface area (Å²) in [5.41, 5.74) is 1.67. The molecule has 6 nitrogen and oxygen atoms in total. The summed E-state index contributed by atoms with van der Waals surface area (Å²) in [5, 5.41) is 4.06. The molecule has 0 aliphatic carbocycles. The summed E-state index contributed by atoms with van der Waals surface area (Å²) in [7, 11) is 1.82. The van der Waals surface area contributed by atoms with Gasteiger partial charge in [0.15, 0.2) is 0 Å². The summed E-state index contributed by atoms with van der Waals surface area (Å²) in [6.45, 7) is 1.51. The van der Waals surface area contributed by atoms with Gasteiger partial charge in [0.1, 0.15) is 6.33 Å². The molecular formula is C14H17N5O. The Bertz CT molecular complexity index is 595. The molecule has 1 fully saturated rings. The van der Waals surface area contributed by atoms with Crippen molar-refractivity contribution in [2.75, 3.05) is 13.1 Å². The largest absolute Gasteiger partial charge is 0.338 e. The van der Waals surface area contributed by atoms with Gasteiger partial charge < -0.3 is 4.90 Å². The van der Waals surface area contributed by atoms with Crippen LogP contribution in [0.5, 0.6) is 0 Å². The van der Waals surface area contributed by atoms with E-state index in [-0.39, 0.29) is 5.91 Å². The molecule has 1 atom stereocenters. The highest BCUT2D eigenvalue weighted by atomic mass is 16.2. The first-order chi connectivity index (χ1) is 9.74. The van der Waals surface area contributed by atoms with Crippen LogP contribution in [0, 0.1) is 0 Å². The molecule has 104 valence electrons. The molecule has 0 bridgehead atoms. The van der Waals surface area contributed by atoms with Crippen molar-refractivity contribution in [3.63, 3.8) is 0 Å². The minimum Gasteiger partial charge on any atom is -0.338 e. The van der Waals surface area contributed by atoms with E-state index in [4.69, 9.17) is 0 Å². The minimum atomic E-state index is 0.0526. The molecule has 0 N–H and O–H groups in total. The van der Waals surface area contributed by atoms with E-state index in [2.05, 4.69) is 15.1 Å². The van der Waals surface area contributed by atoms with Crippen molar-refractivity contribution in [1.29, 1.82) is 0 Å². The summed E-state index contributed by atoms with van der Waals surface area (Å²) < 4.78 is 1.65. The molecule has 1 aliphatic heterocycles. The SMILES string of the molecule is Cn1cc(C(=O)N2CCCC(c3ccncn3)C2)cn1. The number of aromatic nitrogens is 4. The van der Waals surface area contributed by atoms with Crippen molar-refractivity contribution in [2.45, 2.75) is 18.8 Å². The second-order valence-electron chi connectivity index (χ2n) is 5.13. The lowest BCUT2D eigenvalue weighted by molar-refractivity contribution is 0.0706. The Morgan fingerprint density at radius 3 is 3.05 bits per heavy atom. The zero-order valence-electron chi connectivity index (χ0n) is 11.4. The van der Waals surface area contributed by atoms with Crippen LogP contribution in [0.2, 0.25) is 0 Å². The van der Waals surface area contributed by atoms with Crippen molar-refractivity contribution in [2.24, 2.45) is 7.05 Å². The molecule has 20 heavy (non-hydrogen) atoms. The normalized spacial score (nSPS) is 19.1. The number of hydrogen-bond acceptors (Lipinski definition) is 4. The van der Waals surface area contributed by atoms with Crippen LogP contribution in [-0.4, -0.2) is 43.6 Å². The van der Waals surface area contributed by atoms with E-state index >= 15 is 0 Å². The maximum Gasteiger partial charge on any atom is 0.257 e. The van der Waals surface area contributed by atoms with Crippen LogP contribution in [0.4, 0.5) is 0 Å². The van der Waals surface area contributed by atoms with Gasteiger partial charge in [0.2, 0.25) is 0 Å². The summed E-state index contributed by atoms with van der Waals surface area (Å²) in [5.74, 6) is 0.351.